The van der Waals surface area contributed by atoms with Crippen LogP contribution in [0.5, 0.6) is 0 Å². The Balaban J connectivity index is 2.03. The summed E-state index contributed by atoms with van der Waals surface area (Å²) in [4.78, 5) is 22.4. The van der Waals surface area contributed by atoms with Gasteiger partial charge in [-0.05, 0) is 36.2 Å². The van der Waals surface area contributed by atoms with Gasteiger partial charge in [0, 0.05) is 0 Å². The normalized spacial score (nSPS) is 26.8. The third-order valence-electron chi connectivity index (χ3n) is 4.56. The second-order valence-corrected chi connectivity index (χ2v) is 6.69. The molecular weight excluding hydrogens is 280 g/mol. The van der Waals surface area contributed by atoms with Crippen molar-refractivity contribution in [3.63, 3.8) is 0 Å². The summed E-state index contributed by atoms with van der Waals surface area (Å²) in [5.41, 5.74) is 0.597. The Kier molecular flexibility index (Phi) is 5.98. The van der Waals surface area contributed by atoms with E-state index >= 15 is 0 Å². The first-order valence-electron chi connectivity index (χ1n) is 8.09. The zero-order chi connectivity index (χ0) is 16.1. The first kappa shape index (κ1) is 17.0. The minimum absolute atomic E-state index is 0.0330. The molecule has 4 nitrogen and oxygen atoms in total. The van der Waals surface area contributed by atoms with Gasteiger partial charge in [-0.1, -0.05) is 57.5 Å². The molecule has 1 aromatic carbocycles. The van der Waals surface area contributed by atoms with Crippen LogP contribution in [0, 0.1) is 17.8 Å². The van der Waals surface area contributed by atoms with Crippen LogP contribution in [0.2, 0.25) is 0 Å². The van der Waals surface area contributed by atoms with E-state index in [0.29, 0.717) is 23.3 Å². The molecule has 1 N–H and O–H groups in total. The minimum Gasteiger partial charge on any atom is -0.479 e. The van der Waals surface area contributed by atoms with Crippen molar-refractivity contribution < 1.29 is 19.7 Å². The highest BCUT2D eigenvalue weighted by Crippen LogP contribution is 2.36. The molecular formula is C18H26O4. The van der Waals surface area contributed by atoms with Crippen LogP contribution in [0.15, 0.2) is 30.3 Å². The van der Waals surface area contributed by atoms with E-state index in [1.165, 1.54) is 6.42 Å². The first-order valence-corrected chi connectivity index (χ1v) is 8.09. The largest absolute Gasteiger partial charge is 0.479 e. The Morgan fingerprint density at radius 3 is 2.50 bits per heavy atom. The lowest BCUT2D eigenvalue weighted by atomic mass is 9.75. The topological polar surface area (TPSA) is 55.8 Å². The van der Waals surface area contributed by atoms with E-state index < -0.39 is 12.1 Å². The second-order valence-electron chi connectivity index (χ2n) is 6.69. The van der Waals surface area contributed by atoms with Crippen LogP contribution in [0.25, 0.3) is 0 Å². The molecule has 1 saturated carbocycles. The number of hydrogen-bond acceptors (Lipinski definition) is 3. The molecule has 0 amide bonds. The minimum atomic E-state index is -1.08. The van der Waals surface area contributed by atoms with Crippen molar-refractivity contribution in [3.05, 3.63) is 35.9 Å². The van der Waals surface area contributed by atoms with Gasteiger partial charge >= 0.3 is 5.97 Å². The van der Waals surface area contributed by atoms with E-state index in [1.807, 2.05) is 6.07 Å². The Morgan fingerprint density at radius 1 is 1.23 bits per heavy atom. The van der Waals surface area contributed by atoms with Gasteiger partial charge in [0.2, 0.25) is 6.10 Å². The molecule has 1 aromatic rings. The molecule has 1 fully saturated rings. The van der Waals surface area contributed by atoms with E-state index in [-0.39, 0.29) is 6.10 Å². The number of carbonyl (C=O) groups is 1. The fraction of sp³-hybridized carbons (Fsp3) is 0.611. The van der Waals surface area contributed by atoms with Gasteiger partial charge in [-0.15, -0.1) is 0 Å². The molecule has 0 aromatic heterocycles. The maximum Gasteiger partial charge on any atom is 0.340 e. The quantitative estimate of drug-likeness (QED) is 0.631. The molecule has 2 rings (SSSR count). The Labute approximate surface area is 132 Å². The van der Waals surface area contributed by atoms with Gasteiger partial charge in [-0.25, -0.2) is 14.6 Å². The van der Waals surface area contributed by atoms with Gasteiger partial charge in [0.15, 0.2) is 0 Å². The van der Waals surface area contributed by atoms with E-state index in [0.717, 1.165) is 12.8 Å². The van der Waals surface area contributed by atoms with E-state index in [4.69, 9.17) is 9.78 Å². The van der Waals surface area contributed by atoms with Crippen molar-refractivity contribution in [3.8, 4) is 0 Å². The van der Waals surface area contributed by atoms with Crippen molar-refractivity contribution in [1.29, 1.82) is 0 Å². The molecule has 0 radical (unpaired) electrons. The van der Waals surface area contributed by atoms with Gasteiger partial charge < -0.3 is 5.11 Å². The van der Waals surface area contributed by atoms with Gasteiger partial charge in [0.1, 0.15) is 0 Å². The summed E-state index contributed by atoms with van der Waals surface area (Å²) in [6.45, 7) is 6.57. The van der Waals surface area contributed by atoms with Crippen LogP contribution >= 0.6 is 0 Å². The molecule has 0 aliphatic heterocycles. The highest BCUT2D eigenvalue weighted by molar-refractivity contribution is 5.74. The molecule has 22 heavy (non-hydrogen) atoms. The van der Waals surface area contributed by atoms with Crippen LogP contribution < -0.4 is 0 Å². The van der Waals surface area contributed by atoms with Crippen LogP contribution in [0.4, 0.5) is 0 Å². The SMILES string of the molecule is CC(C)[C@@H]1CC[C@@H](C)C[C@H]1OO[C@@H](C(=O)O)c1ccccc1. The van der Waals surface area contributed by atoms with Crippen molar-refractivity contribution in [1.82, 2.24) is 0 Å². The molecule has 122 valence electrons. The van der Waals surface area contributed by atoms with Gasteiger partial charge in [-0.2, -0.15) is 0 Å². The third kappa shape index (κ3) is 4.31. The molecule has 4 atom stereocenters. The molecule has 1 aliphatic rings. The van der Waals surface area contributed by atoms with Gasteiger partial charge in [0.25, 0.3) is 0 Å². The molecule has 0 saturated heterocycles. The highest BCUT2D eigenvalue weighted by Gasteiger charge is 2.34. The summed E-state index contributed by atoms with van der Waals surface area (Å²) in [5, 5.41) is 9.38. The zero-order valence-electron chi connectivity index (χ0n) is 13.6. The van der Waals surface area contributed by atoms with Crippen molar-refractivity contribution in [2.24, 2.45) is 17.8 Å². The van der Waals surface area contributed by atoms with Crippen LogP contribution in [-0.4, -0.2) is 17.2 Å². The lowest BCUT2D eigenvalue weighted by Gasteiger charge is -2.36. The smallest absolute Gasteiger partial charge is 0.340 e. The second kappa shape index (κ2) is 7.75. The number of carboxylic acid groups (broad SMARTS) is 1. The predicted molar refractivity (Wildman–Crippen MR) is 84.1 cm³/mol. The van der Waals surface area contributed by atoms with Crippen molar-refractivity contribution in [2.75, 3.05) is 0 Å². The predicted octanol–water partition coefficient (Wildman–Crippen LogP) is 4.22. The maximum atomic E-state index is 11.4. The molecule has 0 spiro atoms. The first-order chi connectivity index (χ1) is 10.5. The molecule has 1 aliphatic carbocycles. The Morgan fingerprint density at radius 2 is 1.91 bits per heavy atom. The van der Waals surface area contributed by atoms with Crippen LogP contribution in [-0.2, 0) is 14.6 Å². The fourth-order valence-corrected chi connectivity index (χ4v) is 3.22. The lowest BCUT2D eigenvalue weighted by molar-refractivity contribution is -0.363. The average molecular weight is 306 g/mol. The summed E-state index contributed by atoms with van der Waals surface area (Å²) >= 11 is 0. The van der Waals surface area contributed by atoms with Gasteiger partial charge in [0.05, 0.1) is 6.10 Å². The fourth-order valence-electron chi connectivity index (χ4n) is 3.22. The van der Waals surface area contributed by atoms with Gasteiger partial charge in [-0.3, -0.25) is 0 Å². The third-order valence-corrected chi connectivity index (χ3v) is 4.56. The van der Waals surface area contributed by atoms with Crippen LogP contribution in [0.3, 0.4) is 0 Å². The summed E-state index contributed by atoms with van der Waals surface area (Å²) in [6.07, 6.45) is 2.12. The Hall–Kier alpha value is -1.39. The van der Waals surface area contributed by atoms with E-state index in [1.54, 1.807) is 24.3 Å². The van der Waals surface area contributed by atoms with E-state index in [9.17, 15) is 9.90 Å². The zero-order valence-corrected chi connectivity index (χ0v) is 13.6. The summed E-state index contributed by atoms with van der Waals surface area (Å²) in [5.74, 6) is 0.474. The standard InChI is InChI=1S/C18H26O4/c1-12(2)15-10-9-13(3)11-16(15)21-22-17(18(19)20)14-7-5-4-6-8-14/h4-8,12-13,15-17H,9-11H2,1-3H3,(H,19,20)/t13-,15+,16-,17-/m1/s1. The van der Waals surface area contributed by atoms with Crippen molar-refractivity contribution in [2.45, 2.75) is 52.2 Å². The lowest BCUT2D eigenvalue weighted by Crippen LogP contribution is -2.35. The Bertz CT molecular complexity index is 471. The summed E-state index contributed by atoms with van der Waals surface area (Å²) in [6, 6.07) is 8.93. The molecule has 0 bridgehead atoms. The summed E-state index contributed by atoms with van der Waals surface area (Å²) < 4.78 is 0. The number of aliphatic carboxylic acids is 1. The number of benzene rings is 1. The molecule has 0 unspecified atom stereocenters. The van der Waals surface area contributed by atoms with E-state index in [2.05, 4.69) is 20.8 Å². The average Bonchev–Trinajstić information content (AvgIpc) is 2.48. The monoisotopic (exact) mass is 306 g/mol. The number of carboxylic acids is 1. The molecule has 4 heteroatoms. The summed E-state index contributed by atoms with van der Waals surface area (Å²) in [7, 11) is 0. The molecule has 0 heterocycles. The van der Waals surface area contributed by atoms with Crippen molar-refractivity contribution >= 4 is 5.97 Å². The highest BCUT2D eigenvalue weighted by atomic mass is 17.2. The van der Waals surface area contributed by atoms with Crippen LogP contribution in [0.1, 0.15) is 51.7 Å². The maximum absolute atomic E-state index is 11.4. The number of rotatable bonds is 6. The number of hydrogen-bond donors (Lipinski definition) is 1.